The van der Waals surface area contributed by atoms with Crippen LogP contribution in [0.1, 0.15) is 32.8 Å². The minimum atomic E-state index is -0.941. The van der Waals surface area contributed by atoms with Gasteiger partial charge in [-0.05, 0) is 30.5 Å². The van der Waals surface area contributed by atoms with Crippen LogP contribution in [0.5, 0.6) is 0 Å². The van der Waals surface area contributed by atoms with E-state index in [-0.39, 0.29) is 5.92 Å². The Labute approximate surface area is 112 Å². The van der Waals surface area contributed by atoms with E-state index >= 15 is 0 Å². The molecule has 0 aromatic heterocycles. The zero-order valence-corrected chi connectivity index (χ0v) is 11.6. The molecule has 0 radical (unpaired) electrons. The molecular weight excluding hydrogens is 259 g/mol. The second-order valence-electron chi connectivity index (χ2n) is 4.45. The van der Waals surface area contributed by atoms with Gasteiger partial charge in [-0.25, -0.2) is 0 Å². The molecule has 1 rings (SSSR count). The Bertz CT molecular complexity index is 431. The van der Waals surface area contributed by atoms with Crippen LogP contribution in [0.4, 0.5) is 0 Å². The van der Waals surface area contributed by atoms with Crippen LogP contribution in [0.25, 0.3) is 0 Å². The Kier molecular flexibility index (Phi) is 4.45. The first kappa shape index (κ1) is 14.3. The molecular formula is C13H16Cl2O2. The molecule has 0 saturated heterocycles. The summed E-state index contributed by atoms with van der Waals surface area (Å²) < 4.78 is 0. The predicted molar refractivity (Wildman–Crippen MR) is 70.9 cm³/mol. The number of hydrogen-bond donors (Lipinski definition) is 1. The van der Waals surface area contributed by atoms with Crippen molar-refractivity contribution < 1.29 is 9.90 Å². The third-order valence-corrected chi connectivity index (χ3v) is 4.30. The molecule has 0 spiro atoms. The van der Waals surface area contributed by atoms with Crippen molar-refractivity contribution in [1.82, 2.24) is 0 Å². The van der Waals surface area contributed by atoms with Crippen LogP contribution >= 0.6 is 23.2 Å². The number of hydrogen-bond acceptors (Lipinski definition) is 1. The lowest BCUT2D eigenvalue weighted by molar-refractivity contribution is -0.145. The van der Waals surface area contributed by atoms with Gasteiger partial charge >= 0.3 is 5.97 Å². The minimum Gasteiger partial charge on any atom is -0.481 e. The Hall–Kier alpha value is -0.730. The highest BCUT2D eigenvalue weighted by atomic mass is 35.5. The number of halogens is 2. The summed E-state index contributed by atoms with van der Waals surface area (Å²) in [4.78, 5) is 11.5. The smallest absolute Gasteiger partial charge is 0.314 e. The number of rotatable bonds is 4. The topological polar surface area (TPSA) is 37.3 Å². The molecule has 2 unspecified atom stereocenters. The maximum Gasteiger partial charge on any atom is 0.314 e. The molecule has 94 valence electrons. The van der Waals surface area contributed by atoms with E-state index in [0.29, 0.717) is 15.6 Å². The number of benzene rings is 1. The van der Waals surface area contributed by atoms with Gasteiger partial charge in [0.25, 0.3) is 0 Å². The van der Waals surface area contributed by atoms with Crippen LogP contribution in [0, 0.1) is 5.92 Å². The summed E-state index contributed by atoms with van der Waals surface area (Å²) in [5, 5.41) is 10.3. The lowest BCUT2D eigenvalue weighted by Gasteiger charge is -2.31. The van der Waals surface area contributed by atoms with E-state index in [9.17, 15) is 9.90 Å². The van der Waals surface area contributed by atoms with Gasteiger partial charge in [-0.1, -0.05) is 49.5 Å². The molecule has 0 aliphatic carbocycles. The van der Waals surface area contributed by atoms with E-state index in [2.05, 4.69) is 0 Å². The van der Waals surface area contributed by atoms with Gasteiger partial charge in [-0.2, -0.15) is 0 Å². The van der Waals surface area contributed by atoms with Crippen LogP contribution < -0.4 is 0 Å². The molecule has 1 N–H and O–H groups in total. The maximum atomic E-state index is 11.5. The minimum absolute atomic E-state index is 0.0113. The summed E-state index contributed by atoms with van der Waals surface area (Å²) in [5.41, 5.74) is -0.253. The van der Waals surface area contributed by atoms with Crippen LogP contribution in [-0.2, 0) is 10.2 Å². The summed E-state index contributed by atoms with van der Waals surface area (Å²) in [6.07, 6.45) is 0.781. The summed E-state index contributed by atoms with van der Waals surface area (Å²) in [7, 11) is 0. The SMILES string of the molecule is CCC(C)C(C)(C(=O)O)c1ccc(Cl)c(Cl)c1. The molecule has 0 aliphatic heterocycles. The van der Waals surface area contributed by atoms with Crippen LogP contribution in [0.3, 0.4) is 0 Å². The highest BCUT2D eigenvalue weighted by Gasteiger charge is 2.40. The summed E-state index contributed by atoms with van der Waals surface area (Å²) >= 11 is 11.8. The third kappa shape index (κ3) is 2.58. The normalized spacial score (nSPS) is 16.3. The van der Waals surface area contributed by atoms with Gasteiger partial charge in [-0.3, -0.25) is 4.79 Å². The second-order valence-corrected chi connectivity index (χ2v) is 5.26. The zero-order valence-electron chi connectivity index (χ0n) is 10.1. The largest absolute Gasteiger partial charge is 0.481 e. The van der Waals surface area contributed by atoms with Crippen molar-refractivity contribution in [3.63, 3.8) is 0 Å². The average molecular weight is 275 g/mol. The first-order valence-corrected chi connectivity index (χ1v) is 6.28. The van der Waals surface area contributed by atoms with Crippen molar-refractivity contribution in [3.8, 4) is 0 Å². The molecule has 0 aliphatic rings. The molecule has 4 heteroatoms. The molecule has 1 aromatic carbocycles. The summed E-state index contributed by atoms with van der Waals surface area (Å²) in [6.45, 7) is 5.63. The molecule has 0 amide bonds. The molecule has 2 atom stereocenters. The van der Waals surface area contributed by atoms with Gasteiger partial charge in [0.2, 0.25) is 0 Å². The maximum absolute atomic E-state index is 11.5. The fourth-order valence-electron chi connectivity index (χ4n) is 1.85. The molecule has 0 fully saturated rings. The Morgan fingerprint density at radius 1 is 1.41 bits per heavy atom. The zero-order chi connectivity index (χ0) is 13.2. The van der Waals surface area contributed by atoms with Crippen molar-refractivity contribution in [2.75, 3.05) is 0 Å². The highest BCUT2D eigenvalue weighted by molar-refractivity contribution is 6.42. The molecule has 17 heavy (non-hydrogen) atoms. The second kappa shape index (κ2) is 5.28. The van der Waals surface area contributed by atoms with Crippen LogP contribution in [0.2, 0.25) is 10.0 Å². The van der Waals surface area contributed by atoms with Gasteiger partial charge in [0.15, 0.2) is 0 Å². The van der Waals surface area contributed by atoms with Gasteiger partial charge < -0.3 is 5.11 Å². The Balaban J connectivity index is 3.32. The first-order chi connectivity index (χ1) is 7.83. The van der Waals surface area contributed by atoms with E-state index in [1.165, 1.54) is 0 Å². The van der Waals surface area contributed by atoms with E-state index in [1.54, 1.807) is 25.1 Å². The van der Waals surface area contributed by atoms with Gasteiger partial charge in [0.05, 0.1) is 15.5 Å². The third-order valence-electron chi connectivity index (χ3n) is 3.56. The number of carbonyl (C=O) groups is 1. The van der Waals surface area contributed by atoms with Crippen molar-refractivity contribution in [2.24, 2.45) is 5.92 Å². The number of carboxylic acids is 1. The molecule has 0 saturated carbocycles. The van der Waals surface area contributed by atoms with Gasteiger partial charge in [-0.15, -0.1) is 0 Å². The molecule has 0 bridgehead atoms. The van der Waals surface area contributed by atoms with Crippen molar-refractivity contribution in [2.45, 2.75) is 32.6 Å². The van der Waals surface area contributed by atoms with Crippen molar-refractivity contribution >= 4 is 29.2 Å². The van der Waals surface area contributed by atoms with Gasteiger partial charge in [0.1, 0.15) is 0 Å². The summed E-state index contributed by atoms with van der Waals surface area (Å²) in [6, 6.07) is 5.02. The number of carboxylic acid groups (broad SMARTS) is 1. The highest BCUT2D eigenvalue weighted by Crippen LogP contribution is 2.37. The summed E-state index contributed by atoms with van der Waals surface area (Å²) in [5.74, 6) is -0.831. The average Bonchev–Trinajstić information content (AvgIpc) is 2.30. The first-order valence-electron chi connectivity index (χ1n) is 5.53. The quantitative estimate of drug-likeness (QED) is 0.885. The fourth-order valence-corrected chi connectivity index (χ4v) is 2.14. The Morgan fingerprint density at radius 2 is 2.00 bits per heavy atom. The van der Waals surface area contributed by atoms with Crippen LogP contribution in [0.15, 0.2) is 18.2 Å². The molecule has 2 nitrogen and oxygen atoms in total. The Morgan fingerprint density at radius 3 is 2.41 bits per heavy atom. The lowest BCUT2D eigenvalue weighted by Crippen LogP contribution is -2.38. The van der Waals surface area contributed by atoms with Crippen molar-refractivity contribution in [1.29, 1.82) is 0 Å². The fraction of sp³-hybridized carbons (Fsp3) is 0.462. The van der Waals surface area contributed by atoms with E-state index in [4.69, 9.17) is 23.2 Å². The van der Waals surface area contributed by atoms with E-state index in [0.717, 1.165) is 6.42 Å². The van der Waals surface area contributed by atoms with E-state index in [1.807, 2.05) is 13.8 Å². The molecule has 0 heterocycles. The van der Waals surface area contributed by atoms with Crippen LogP contribution in [-0.4, -0.2) is 11.1 Å². The van der Waals surface area contributed by atoms with Crippen molar-refractivity contribution in [3.05, 3.63) is 33.8 Å². The molecule has 1 aromatic rings. The number of aliphatic carboxylic acids is 1. The van der Waals surface area contributed by atoms with Gasteiger partial charge in [0, 0.05) is 0 Å². The monoisotopic (exact) mass is 274 g/mol. The van der Waals surface area contributed by atoms with E-state index < -0.39 is 11.4 Å². The standard InChI is InChI=1S/C13H16Cl2O2/c1-4-8(2)13(3,12(16)17)9-5-6-10(14)11(15)7-9/h5-8H,4H2,1-3H3,(H,16,17). The predicted octanol–water partition coefficient (Wildman–Crippen LogP) is 4.38. The lowest BCUT2D eigenvalue weighted by atomic mass is 9.71.